The maximum Gasteiger partial charge on any atom is 0.252 e. The maximum absolute atomic E-state index is 12.4. The number of nitrogens with two attached hydrogens (primary N) is 1. The second kappa shape index (κ2) is 6.35. The molecule has 2 N–H and O–H groups in total. The summed E-state index contributed by atoms with van der Waals surface area (Å²) in [5.74, 6) is 0.531. The van der Waals surface area contributed by atoms with Crippen LogP contribution in [0, 0.1) is 5.92 Å². The van der Waals surface area contributed by atoms with Gasteiger partial charge in [-0.2, -0.15) is 4.31 Å². The van der Waals surface area contributed by atoms with Crippen LogP contribution in [0.1, 0.15) is 30.6 Å². The van der Waals surface area contributed by atoms with E-state index in [1.807, 2.05) is 6.07 Å². The smallest absolute Gasteiger partial charge is 0.252 e. The monoisotopic (exact) mass is 302 g/mol. The molecule has 0 unspecified atom stereocenters. The number of thiophene rings is 1. The third kappa shape index (κ3) is 3.56. The molecule has 1 aliphatic rings. The van der Waals surface area contributed by atoms with E-state index in [1.165, 1.54) is 28.5 Å². The van der Waals surface area contributed by atoms with Gasteiger partial charge in [-0.15, -0.1) is 11.3 Å². The van der Waals surface area contributed by atoms with Gasteiger partial charge in [0.25, 0.3) is 10.0 Å². The van der Waals surface area contributed by atoms with E-state index >= 15 is 0 Å². The molecule has 108 valence electrons. The molecule has 1 fully saturated rings. The first kappa shape index (κ1) is 15.0. The molecule has 0 spiro atoms. The van der Waals surface area contributed by atoms with Crippen molar-refractivity contribution >= 4 is 21.4 Å². The van der Waals surface area contributed by atoms with Crippen molar-refractivity contribution in [2.75, 3.05) is 20.1 Å². The molecule has 0 radical (unpaired) electrons. The summed E-state index contributed by atoms with van der Waals surface area (Å²) >= 11 is 1.34. The highest BCUT2D eigenvalue weighted by Gasteiger charge is 2.26. The Kier molecular flexibility index (Phi) is 5.00. The van der Waals surface area contributed by atoms with Crippen molar-refractivity contribution in [1.29, 1.82) is 0 Å². The molecule has 19 heavy (non-hydrogen) atoms. The predicted octanol–water partition coefficient (Wildman–Crippen LogP) is 2.06. The quantitative estimate of drug-likeness (QED) is 0.875. The van der Waals surface area contributed by atoms with Crippen molar-refractivity contribution in [3.05, 3.63) is 17.0 Å². The lowest BCUT2D eigenvalue weighted by molar-refractivity contribution is 0.388. The lowest BCUT2D eigenvalue weighted by atomic mass is 10.1. The van der Waals surface area contributed by atoms with Crippen molar-refractivity contribution in [1.82, 2.24) is 4.31 Å². The molecule has 0 amide bonds. The largest absolute Gasteiger partial charge is 0.330 e. The number of hydrogen-bond donors (Lipinski definition) is 1. The van der Waals surface area contributed by atoms with Gasteiger partial charge in [0.05, 0.1) is 0 Å². The first-order valence-corrected chi connectivity index (χ1v) is 9.05. The first-order valence-electron chi connectivity index (χ1n) is 6.79. The van der Waals surface area contributed by atoms with Crippen LogP contribution < -0.4 is 5.73 Å². The van der Waals surface area contributed by atoms with E-state index in [4.69, 9.17) is 5.73 Å². The van der Waals surface area contributed by atoms with E-state index in [9.17, 15) is 8.42 Å². The molecule has 1 aromatic rings. The lowest BCUT2D eigenvalue weighted by Crippen LogP contribution is -2.30. The van der Waals surface area contributed by atoms with Gasteiger partial charge in [-0.3, -0.25) is 0 Å². The molecule has 0 atom stereocenters. The summed E-state index contributed by atoms with van der Waals surface area (Å²) < 4.78 is 26.8. The van der Waals surface area contributed by atoms with Gasteiger partial charge in [0, 0.05) is 18.5 Å². The average Bonchev–Trinajstić information content (AvgIpc) is 3.00. The lowest BCUT2D eigenvalue weighted by Gasteiger charge is -2.19. The maximum atomic E-state index is 12.4. The molecular weight excluding hydrogens is 280 g/mol. The summed E-state index contributed by atoms with van der Waals surface area (Å²) in [6.45, 7) is 1.20. The summed E-state index contributed by atoms with van der Waals surface area (Å²) in [4.78, 5) is 1.04. The molecule has 0 saturated heterocycles. The molecular formula is C13H22N2O2S2. The second-order valence-corrected chi connectivity index (χ2v) is 8.64. The van der Waals surface area contributed by atoms with Gasteiger partial charge in [-0.25, -0.2) is 8.42 Å². The molecule has 1 saturated carbocycles. The van der Waals surface area contributed by atoms with E-state index in [-0.39, 0.29) is 0 Å². The summed E-state index contributed by atoms with van der Waals surface area (Å²) in [7, 11) is -1.62. The van der Waals surface area contributed by atoms with Crippen LogP contribution in [0.3, 0.4) is 0 Å². The summed E-state index contributed by atoms with van der Waals surface area (Å²) in [6.07, 6.45) is 5.52. The van der Waals surface area contributed by atoms with Crippen LogP contribution in [0.5, 0.6) is 0 Å². The molecule has 0 aliphatic heterocycles. The van der Waals surface area contributed by atoms with Crippen LogP contribution in [0.15, 0.2) is 16.3 Å². The molecule has 1 heterocycles. The van der Waals surface area contributed by atoms with Gasteiger partial charge in [-0.05, 0) is 43.9 Å². The third-order valence-electron chi connectivity index (χ3n) is 3.68. The number of nitrogens with zero attached hydrogens (tertiary/aromatic N) is 1. The highest BCUT2D eigenvalue weighted by Crippen LogP contribution is 2.29. The molecule has 1 aliphatic carbocycles. The topological polar surface area (TPSA) is 63.4 Å². The minimum absolute atomic E-state index is 0.441. The fourth-order valence-electron chi connectivity index (χ4n) is 2.58. The fourth-order valence-corrected chi connectivity index (χ4v) is 5.41. The zero-order valence-electron chi connectivity index (χ0n) is 11.3. The Hall–Kier alpha value is -0.430. The van der Waals surface area contributed by atoms with Crippen molar-refractivity contribution in [3.63, 3.8) is 0 Å². The van der Waals surface area contributed by atoms with Crippen LogP contribution in [0.2, 0.25) is 0 Å². The Labute approximate surface area is 119 Å². The standard InChI is InChI=1S/C13H22N2O2S2/c1-15(10-11-4-2-3-5-11)19(16,17)13-7-6-12(18-13)8-9-14/h6-7,11H,2-5,8-10,14H2,1H3. The normalized spacial score (nSPS) is 17.4. The summed E-state index contributed by atoms with van der Waals surface area (Å²) in [6, 6.07) is 3.57. The Balaban J connectivity index is 2.06. The van der Waals surface area contributed by atoms with Crippen LogP contribution in [0.25, 0.3) is 0 Å². The van der Waals surface area contributed by atoms with Crippen LogP contribution in [-0.4, -0.2) is 32.9 Å². The van der Waals surface area contributed by atoms with E-state index in [1.54, 1.807) is 13.1 Å². The van der Waals surface area contributed by atoms with Gasteiger partial charge in [0.2, 0.25) is 0 Å². The molecule has 0 bridgehead atoms. The van der Waals surface area contributed by atoms with Crippen molar-refractivity contribution in [2.24, 2.45) is 11.7 Å². The fraction of sp³-hybridized carbons (Fsp3) is 0.692. The van der Waals surface area contributed by atoms with E-state index in [2.05, 4.69) is 0 Å². The van der Waals surface area contributed by atoms with E-state index in [0.717, 1.165) is 24.1 Å². The first-order chi connectivity index (χ1) is 9.04. The summed E-state index contributed by atoms with van der Waals surface area (Å²) in [5, 5.41) is 0. The second-order valence-electron chi connectivity index (χ2n) is 5.20. The van der Waals surface area contributed by atoms with Crippen LogP contribution in [0.4, 0.5) is 0 Å². The molecule has 1 aromatic heterocycles. The van der Waals surface area contributed by atoms with Crippen molar-refractivity contribution < 1.29 is 8.42 Å². The Morgan fingerprint density at radius 3 is 2.68 bits per heavy atom. The Morgan fingerprint density at radius 2 is 2.05 bits per heavy atom. The highest BCUT2D eigenvalue weighted by atomic mass is 32.2. The third-order valence-corrected chi connectivity index (χ3v) is 7.12. The Bertz CT molecular complexity index is 504. The van der Waals surface area contributed by atoms with Crippen LogP contribution >= 0.6 is 11.3 Å². The van der Waals surface area contributed by atoms with Crippen molar-refractivity contribution in [3.8, 4) is 0 Å². The van der Waals surface area contributed by atoms with Crippen LogP contribution in [-0.2, 0) is 16.4 Å². The van der Waals surface area contributed by atoms with Gasteiger partial charge < -0.3 is 5.73 Å². The number of sulfonamides is 1. The highest BCUT2D eigenvalue weighted by molar-refractivity contribution is 7.91. The molecule has 2 rings (SSSR count). The van der Waals surface area contributed by atoms with E-state index < -0.39 is 10.0 Å². The number of rotatable bonds is 6. The number of hydrogen-bond acceptors (Lipinski definition) is 4. The van der Waals surface area contributed by atoms with E-state index in [0.29, 0.717) is 23.2 Å². The van der Waals surface area contributed by atoms with Gasteiger partial charge in [0.15, 0.2) is 0 Å². The summed E-state index contributed by atoms with van der Waals surface area (Å²) in [5.41, 5.74) is 5.49. The zero-order chi connectivity index (χ0) is 13.9. The average molecular weight is 302 g/mol. The predicted molar refractivity (Wildman–Crippen MR) is 78.9 cm³/mol. The SMILES string of the molecule is CN(CC1CCCC1)S(=O)(=O)c1ccc(CCN)s1. The van der Waals surface area contributed by atoms with Gasteiger partial charge in [0.1, 0.15) is 4.21 Å². The molecule has 4 nitrogen and oxygen atoms in total. The minimum Gasteiger partial charge on any atom is -0.330 e. The Morgan fingerprint density at radius 1 is 1.37 bits per heavy atom. The zero-order valence-corrected chi connectivity index (χ0v) is 13.0. The molecule has 6 heteroatoms. The van der Waals surface area contributed by atoms with Crippen molar-refractivity contribution in [2.45, 2.75) is 36.3 Å². The van der Waals surface area contributed by atoms with Gasteiger partial charge in [-0.1, -0.05) is 12.8 Å². The molecule has 0 aromatic carbocycles. The van der Waals surface area contributed by atoms with Gasteiger partial charge >= 0.3 is 0 Å². The minimum atomic E-state index is -3.31.